The first-order chi connectivity index (χ1) is 14.7. The first-order valence-corrected chi connectivity index (χ1v) is 10.7. The largest absolute Gasteiger partial charge is 0.496 e. The van der Waals surface area contributed by atoms with Crippen molar-refractivity contribution in [3.8, 4) is 5.75 Å². The maximum atomic E-state index is 5.42. The highest BCUT2D eigenvalue weighted by molar-refractivity contribution is 5.79. The van der Waals surface area contributed by atoms with Crippen LogP contribution in [0.2, 0.25) is 0 Å². The van der Waals surface area contributed by atoms with Gasteiger partial charge < -0.3 is 20.3 Å². The molecule has 0 amide bonds. The van der Waals surface area contributed by atoms with Gasteiger partial charge in [0.25, 0.3) is 0 Å². The molecule has 6 heteroatoms. The van der Waals surface area contributed by atoms with Gasteiger partial charge in [-0.3, -0.25) is 9.89 Å². The Kier molecular flexibility index (Phi) is 8.53. The smallest absolute Gasteiger partial charge is 0.191 e. The van der Waals surface area contributed by atoms with Gasteiger partial charge in [0.05, 0.1) is 7.11 Å². The Morgan fingerprint density at radius 3 is 2.37 bits per heavy atom. The van der Waals surface area contributed by atoms with Gasteiger partial charge in [-0.25, -0.2) is 0 Å². The fourth-order valence-electron chi connectivity index (χ4n) is 3.66. The van der Waals surface area contributed by atoms with E-state index in [1.54, 1.807) is 14.2 Å². The number of benzene rings is 2. The molecule has 0 atom stereocenters. The van der Waals surface area contributed by atoms with Gasteiger partial charge in [0, 0.05) is 52.9 Å². The van der Waals surface area contributed by atoms with Crippen LogP contribution in [0.1, 0.15) is 16.7 Å². The number of methoxy groups -OCH3 is 1. The first-order valence-electron chi connectivity index (χ1n) is 10.7. The molecule has 0 bridgehead atoms. The summed E-state index contributed by atoms with van der Waals surface area (Å²) in [5, 5.41) is 6.78. The van der Waals surface area contributed by atoms with Gasteiger partial charge in [-0.05, 0) is 36.2 Å². The minimum absolute atomic E-state index is 0.753. The Morgan fingerprint density at radius 2 is 1.67 bits per heavy atom. The van der Waals surface area contributed by atoms with E-state index in [-0.39, 0.29) is 0 Å². The Hall–Kier alpha value is -2.57. The molecule has 3 rings (SSSR count). The lowest BCUT2D eigenvalue weighted by Crippen LogP contribution is -2.43. The fourth-order valence-corrected chi connectivity index (χ4v) is 3.66. The molecule has 1 saturated heterocycles. The van der Waals surface area contributed by atoms with E-state index in [9.17, 15) is 0 Å². The van der Waals surface area contributed by atoms with Crippen LogP contribution in [-0.2, 0) is 19.5 Å². The molecule has 0 aromatic heterocycles. The summed E-state index contributed by atoms with van der Waals surface area (Å²) in [7, 11) is 5.71. The Morgan fingerprint density at radius 1 is 0.967 bits per heavy atom. The van der Waals surface area contributed by atoms with Crippen LogP contribution in [0.3, 0.4) is 0 Å². The Balaban J connectivity index is 1.41. The molecule has 0 saturated carbocycles. The standard InChI is InChI=1S/C24H35N5O/c1-25-24(26-13-12-22-6-4-5-7-23(22)30-3)27-18-20-8-10-21(11-9-20)19-29-16-14-28(2)15-17-29/h4-11H,12-19H2,1-3H3,(H2,25,26,27). The molecule has 1 fully saturated rings. The zero-order chi connectivity index (χ0) is 21.2. The van der Waals surface area contributed by atoms with Crippen LogP contribution >= 0.6 is 0 Å². The van der Waals surface area contributed by atoms with Crippen molar-refractivity contribution in [2.24, 2.45) is 4.99 Å². The van der Waals surface area contributed by atoms with Gasteiger partial charge in [-0.1, -0.05) is 42.5 Å². The number of nitrogens with zero attached hydrogens (tertiary/aromatic N) is 3. The van der Waals surface area contributed by atoms with E-state index in [2.05, 4.69) is 62.8 Å². The molecule has 2 aromatic rings. The van der Waals surface area contributed by atoms with Crippen LogP contribution < -0.4 is 15.4 Å². The quantitative estimate of drug-likeness (QED) is 0.518. The summed E-state index contributed by atoms with van der Waals surface area (Å²) in [6.07, 6.45) is 0.881. The molecule has 1 aliphatic rings. The van der Waals surface area contributed by atoms with Crippen molar-refractivity contribution < 1.29 is 4.74 Å². The maximum absolute atomic E-state index is 5.42. The Bertz CT molecular complexity index is 797. The van der Waals surface area contributed by atoms with Crippen molar-refractivity contribution in [3.05, 3.63) is 65.2 Å². The molecule has 0 radical (unpaired) electrons. The fraction of sp³-hybridized carbons (Fsp3) is 0.458. The summed E-state index contributed by atoms with van der Waals surface area (Å²) in [6.45, 7) is 7.20. The van der Waals surface area contributed by atoms with Crippen LogP contribution in [0, 0.1) is 0 Å². The molecule has 162 valence electrons. The predicted octanol–water partition coefficient (Wildman–Crippen LogP) is 2.35. The van der Waals surface area contributed by atoms with Crippen LogP contribution in [0.4, 0.5) is 0 Å². The lowest BCUT2D eigenvalue weighted by atomic mass is 10.1. The average molecular weight is 410 g/mol. The average Bonchev–Trinajstić information content (AvgIpc) is 2.79. The molecule has 30 heavy (non-hydrogen) atoms. The van der Waals surface area contributed by atoms with E-state index in [1.807, 2.05) is 18.2 Å². The molecule has 0 aliphatic carbocycles. The first kappa shape index (κ1) is 22.1. The second-order valence-corrected chi connectivity index (χ2v) is 7.81. The van der Waals surface area contributed by atoms with Gasteiger partial charge in [0.1, 0.15) is 5.75 Å². The summed E-state index contributed by atoms with van der Waals surface area (Å²) < 4.78 is 5.42. The molecular weight excluding hydrogens is 374 g/mol. The normalized spacial score (nSPS) is 15.8. The van der Waals surface area contributed by atoms with Crippen LogP contribution in [0.25, 0.3) is 0 Å². The number of para-hydroxylation sites is 1. The molecule has 1 heterocycles. The molecule has 0 unspecified atom stereocenters. The zero-order valence-electron chi connectivity index (χ0n) is 18.5. The minimum Gasteiger partial charge on any atom is -0.496 e. The van der Waals surface area contributed by atoms with Gasteiger partial charge in [0.15, 0.2) is 5.96 Å². The van der Waals surface area contributed by atoms with E-state index in [4.69, 9.17) is 4.74 Å². The summed E-state index contributed by atoms with van der Waals surface area (Å²) in [6, 6.07) is 17.0. The molecule has 0 spiro atoms. The summed E-state index contributed by atoms with van der Waals surface area (Å²) in [5.74, 6) is 1.74. The third kappa shape index (κ3) is 6.75. The van der Waals surface area contributed by atoms with Crippen molar-refractivity contribution in [1.82, 2.24) is 20.4 Å². The maximum Gasteiger partial charge on any atom is 0.191 e. The van der Waals surface area contributed by atoms with Crippen LogP contribution in [-0.4, -0.2) is 69.7 Å². The number of ether oxygens (including phenoxy) is 1. The lowest BCUT2D eigenvalue weighted by molar-refractivity contribution is 0.148. The molecule has 1 aliphatic heterocycles. The van der Waals surface area contributed by atoms with Crippen molar-refractivity contribution >= 4 is 5.96 Å². The molecule has 2 aromatic carbocycles. The number of aliphatic imine (C=N–C) groups is 1. The van der Waals surface area contributed by atoms with Gasteiger partial charge >= 0.3 is 0 Å². The van der Waals surface area contributed by atoms with Gasteiger partial charge in [-0.15, -0.1) is 0 Å². The predicted molar refractivity (Wildman–Crippen MR) is 124 cm³/mol. The van der Waals surface area contributed by atoms with E-state index >= 15 is 0 Å². The van der Waals surface area contributed by atoms with E-state index in [0.29, 0.717) is 0 Å². The van der Waals surface area contributed by atoms with E-state index in [0.717, 1.165) is 63.9 Å². The number of hydrogen-bond acceptors (Lipinski definition) is 4. The summed E-state index contributed by atoms with van der Waals surface area (Å²) in [4.78, 5) is 9.25. The molecule has 2 N–H and O–H groups in total. The third-order valence-corrected chi connectivity index (χ3v) is 5.59. The molecule has 6 nitrogen and oxygen atoms in total. The van der Waals surface area contributed by atoms with Crippen LogP contribution in [0.5, 0.6) is 5.75 Å². The van der Waals surface area contributed by atoms with E-state index < -0.39 is 0 Å². The summed E-state index contributed by atoms with van der Waals surface area (Å²) >= 11 is 0. The highest BCUT2D eigenvalue weighted by Crippen LogP contribution is 2.17. The number of nitrogens with one attached hydrogen (secondary N) is 2. The Labute approximate surface area is 180 Å². The lowest BCUT2D eigenvalue weighted by Gasteiger charge is -2.32. The highest BCUT2D eigenvalue weighted by Gasteiger charge is 2.13. The second-order valence-electron chi connectivity index (χ2n) is 7.81. The van der Waals surface area contributed by atoms with E-state index in [1.165, 1.54) is 16.7 Å². The summed E-state index contributed by atoms with van der Waals surface area (Å²) in [5.41, 5.74) is 3.83. The van der Waals surface area contributed by atoms with Crippen molar-refractivity contribution in [2.45, 2.75) is 19.5 Å². The van der Waals surface area contributed by atoms with Crippen molar-refractivity contribution in [1.29, 1.82) is 0 Å². The third-order valence-electron chi connectivity index (χ3n) is 5.59. The zero-order valence-corrected chi connectivity index (χ0v) is 18.5. The van der Waals surface area contributed by atoms with Crippen molar-refractivity contribution in [3.63, 3.8) is 0 Å². The second kappa shape index (κ2) is 11.6. The monoisotopic (exact) mass is 409 g/mol. The number of piperazine rings is 1. The number of guanidine groups is 1. The highest BCUT2D eigenvalue weighted by atomic mass is 16.5. The number of likely N-dealkylation sites (N-methyl/N-ethyl adjacent to an activating group) is 1. The molecular formula is C24H35N5O. The minimum atomic E-state index is 0.753. The topological polar surface area (TPSA) is 52.1 Å². The number of hydrogen-bond donors (Lipinski definition) is 2. The SMILES string of the molecule is CN=C(NCCc1ccccc1OC)NCc1ccc(CN2CCN(C)CC2)cc1. The van der Waals surface area contributed by atoms with Gasteiger partial charge in [-0.2, -0.15) is 0 Å². The van der Waals surface area contributed by atoms with Crippen LogP contribution in [0.15, 0.2) is 53.5 Å². The number of rotatable bonds is 8. The van der Waals surface area contributed by atoms with Crippen molar-refractivity contribution in [2.75, 3.05) is 53.9 Å². The van der Waals surface area contributed by atoms with Gasteiger partial charge in [0.2, 0.25) is 0 Å².